The molecule has 0 aliphatic carbocycles. The zero-order valence-corrected chi connectivity index (χ0v) is 13.7. The Balaban J connectivity index is 2.92. The van der Waals surface area contributed by atoms with Gasteiger partial charge >= 0.3 is 0 Å². The van der Waals surface area contributed by atoms with Crippen LogP contribution in [0.25, 0.3) is 0 Å². The van der Waals surface area contributed by atoms with Crippen molar-refractivity contribution in [2.75, 3.05) is 5.75 Å². The third kappa shape index (κ3) is 4.38. The van der Waals surface area contributed by atoms with Gasteiger partial charge in [0, 0.05) is 20.5 Å². The Morgan fingerprint density at radius 1 is 1.50 bits per heavy atom. The number of nitrogens with two attached hydrogens (primary N) is 1. The van der Waals surface area contributed by atoms with Crippen molar-refractivity contribution in [1.82, 2.24) is 5.43 Å². The molecule has 0 aliphatic rings. The summed E-state index contributed by atoms with van der Waals surface area (Å²) in [5, 5.41) is 0.0912. The van der Waals surface area contributed by atoms with Gasteiger partial charge in [-0.05, 0) is 22.0 Å². The van der Waals surface area contributed by atoms with Crippen LogP contribution in [0.2, 0.25) is 5.02 Å². The Kier molecular flexibility index (Phi) is 5.93. The SMILES string of the molecule is CC(C)(C)SCC(NN)c1ccc(Br)c(Cl)c1F. The van der Waals surface area contributed by atoms with Crippen molar-refractivity contribution < 1.29 is 4.39 Å². The molecule has 0 radical (unpaired) electrons. The van der Waals surface area contributed by atoms with Crippen LogP contribution in [0.1, 0.15) is 32.4 Å². The van der Waals surface area contributed by atoms with Crippen molar-refractivity contribution >= 4 is 39.3 Å². The quantitative estimate of drug-likeness (QED) is 0.481. The minimum atomic E-state index is -0.427. The lowest BCUT2D eigenvalue weighted by molar-refractivity contribution is 0.545. The summed E-state index contributed by atoms with van der Waals surface area (Å²) in [6.07, 6.45) is 0. The zero-order valence-electron chi connectivity index (χ0n) is 10.6. The van der Waals surface area contributed by atoms with Gasteiger partial charge in [-0.15, -0.1) is 0 Å². The molecule has 102 valence electrons. The summed E-state index contributed by atoms with van der Waals surface area (Å²) in [5.41, 5.74) is 3.13. The molecule has 1 atom stereocenters. The normalized spacial score (nSPS) is 13.7. The Bertz CT molecular complexity index is 423. The maximum Gasteiger partial charge on any atom is 0.147 e. The molecule has 6 heteroatoms. The molecule has 2 nitrogen and oxygen atoms in total. The van der Waals surface area contributed by atoms with E-state index in [9.17, 15) is 4.39 Å². The molecule has 0 amide bonds. The second-order valence-electron chi connectivity index (χ2n) is 4.91. The van der Waals surface area contributed by atoms with Crippen molar-refractivity contribution in [2.24, 2.45) is 5.84 Å². The Labute approximate surface area is 125 Å². The number of rotatable bonds is 4. The van der Waals surface area contributed by atoms with Crippen molar-refractivity contribution in [2.45, 2.75) is 31.6 Å². The van der Waals surface area contributed by atoms with Crippen LogP contribution in [0, 0.1) is 5.82 Å². The highest BCUT2D eigenvalue weighted by molar-refractivity contribution is 9.10. The molecule has 0 bridgehead atoms. The molecule has 1 aromatic rings. The first-order chi connectivity index (χ1) is 8.26. The fourth-order valence-electron chi connectivity index (χ4n) is 1.37. The van der Waals surface area contributed by atoms with Gasteiger partial charge in [-0.2, -0.15) is 11.8 Å². The van der Waals surface area contributed by atoms with Crippen molar-refractivity contribution in [1.29, 1.82) is 0 Å². The van der Waals surface area contributed by atoms with Crippen LogP contribution in [0.15, 0.2) is 16.6 Å². The predicted molar refractivity (Wildman–Crippen MR) is 81.4 cm³/mol. The van der Waals surface area contributed by atoms with Gasteiger partial charge in [0.2, 0.25) is 0 Å². The van der Waals surface area contributed by atoms with E-state index in [0.29, 0.717) is 15.8 Å². The van der Waals surface area contributed by atoms with Crippen LogP contribution < -0.4 is 11.3 Å². The van der Waals surface area contributed by atoms with Crippen molar-refractivity contribution in [3.8, 4) is 0 Å². The van der Waals surface area contributed by atoms with E-state index in [1.807, 2.05) is 0 Å². The second-order valence-corrected chi connectivity index (χ2v) is 7.99. The Hall–Kier alpha value is 0.190. The third-order valence-electron chi connectivity index (χ3n) is 2.32. The topological polar surface area (TPSA) is 38.0 Å². The lowest BCUT2D eigenvalue weighted by Crippen LogP contribution is -2.31. The van der Waals surface area contributed by atoms with Gasteiger partial charge in [0.15, 0.2) is 0 Å². The van der Waals surface area contributed by atoms with Gasteiger partial charge in [0.05, 0.1) is 11.1 Å². The first kappa shape index (κ1) is 16.2. The Morgan fingerprint density at radius 3 is 2.61 bits per heavy atom. The maximum absolute atomic E-state index is 14.1. The fourth-order valence-corrected chi connectivity index (χ4v) is 2.79. The molecule has 18 heavy (non-hydrogen) atoms. The van der Waals surface area contributed by atoms with Gasteiger partial charge in [-0.1, -0.05) is 38.4 Å². The summed E-state index contributed by atoms with van der Waals surface area (Å²) in [6, 6.07) is 3.16. The summed E-state index contributed by atoms with van der Waals surface area (Å²) in [7, 11) is 0. The van der Waals surface area contributed by atoms with E-state index in [-0.39, 0.29) is 15.8 Å². The minimum absolute atomic E-state index is 0.0912. The van der Waals surface area contributed by atoms with Crippen molar-refractivity contribution in [3.63, 3.8) is 0 Å². The lowest BCUT2D eigenvalue weighted by atomic mass is 10.1. The molecule has 0 aliphatic heterocycles. The van der Waals surface area contributed by atoms with Crippen molar-refractivity contribution in [3.05, 3.63) is 33.0 Å². The summed E-state index contributed by atoms with van der Waals surface area (Å²) in [6.45, 7) is 6.32. The molecular formula is C12H17BrClFN2S. The summed E-state index contributed by atoms with van der Waals surface area (Å²) in [4.78, 5) is 0. The van der Waals surface area contributed by atoms with E-state index in [1.54, 1.807) is 23.9 Å². The molecule has 1 unspecified atom stereocenters. The number of hydrazine groups is 1. The first-order valence-corrected chi connectivity index (χ1v) is 7.65. The molecule has 0 saturated carbocycles. The van der Waals surface area contributed by atoms with E-state index in [4.69, 9.17) is 17.4 Å². The first-order valence-electron chi connectivity index (χ1n) is 5.49. The van der Waals surface area contributed by atoms with Crippen LogP contribution in [-0.2, 0) is 0 Å². The zero-order chi connectivity index (χ0) is 13.9. The van der Waals surface area contributed by atoms with Gasteiger partial charge in [0.1, 0.15) is 5.82 Å². The molecule has 0 spiro atoms. The average Bonchev–Trinajstić information content (AvgIpc) is 2.28. The molecule has 0 aromatic heterocycles. The van der Waals surface area contributed by atoms with Crippen LogP contribution >= 0.6 is 39.3 Å². The molecule has 1 rings (SSSR count). The molecule has 1 aromatic carbocycles. The Morgan fingerprint density at radius 2 is 2.11 bits per heavy atom. The molecular weight excluding hydrogens is 339 g/mol. The highest BCUT2D eigenvalue weighted by Crippen LogP contribution is 2.33. The maximum atomic E-state index is 14.1. The number of nitrogens with one attached hydrogen (secondary N) is 1. The molecule has 3 N–H and O–H groups in total. The van der Waals surface area contributed by atoms with Crippen LogP contribution in [0.4, 0.5) is 4.39 Å². The minimum Gasteiger partial charge on any atom is -0.271 e. The molecule has 0 fully saturated rings. The average molecular weight is 356 g/mol. The molecule has 0 saturated heterocycles. The van der Waals surface area contributed by atoms with E-state index in [2.05, 4.69) is 42.1 Å². The summed E-state index contributed by atoms with van der Waals surface area (Å²) < 4.78 is 14.7. The highest BCUT2D eigenvalue weighted by atomic mass is 79.9. The number of hydrogen-bond donors (Lipinski definition) is 2. The monoisotopic (exact) mass is 354 g/mol. The second kappa shape index (κ2) is 6.57. The largest absolute Gasteiger partial charge is 0.271 e. The third-order valence-corrected chi connectivity index (χ3v) is 4.95. The number of benzene rings is 1. The van der Waals surface area contributed by atoms with Gasteiger partial charge in [-0.3, -0.25) is 11.3 Å². The number of thioether (sulfide) groups is 1. The fraction of sp³-hybridized carbons (Fsp3) is 0.500. The summed E-state index contributed by atoms with van der Waals surface area (Å²) >= 11 is 10.8. The van der Waals surface area contributed by atoms with Crippen LogP contribution in [-0.4, -0.2) is 10.5 Å². The molecule has 0 heterocycles. The van der Waals surface area contributed by atoms with E-state index < -0.39 is 5.82 Å². The van der Waals surface area contributed by atoms with Gasteiger partial charge < -0.3 is 0 Å². The number of halogens is 3. The van der Waals surface area contributed by atoms with E-state index in [0.717, 1.165) is 0 Å². The van der Waals surface area contributed by atoms with Crippen LogP contribution in [0.5, 0.6) is 0 Å². The van der Waals surface area contributed by atoms with Crippen LogP contribution in [0.3, 0.4) is 0 Å². The van der Waals surface area contributed by atoms with E-state index >= 15 is 0 Å². The highest BCUT2D eigenvalue weighted by Gasteiger charge is 2.21. The predicted octanol–water partition coefficient (Wildman–Crippen LogP) is 4.28. The van der Waals surface area contributed by atoms with Gasteiger partial charge in [-0.25, -0.2) is 4.39 Å². The smallest absolute Gasteiger partial charge is 0.147 e. The standard InChI is InChI=1S/C12H17BrClFN2S/c1-12(2,3)18-6-9(17-16)7-4-5-8(13)10(14)11(7)15/h4-5,9,17H,6,16H2,1-3H3. The number of hydrogen-bond acceptors (Lipinski definition) is 3. The van der Waals surface area contributed by atoms with Gasteiger partial charge in [0.25, 0.3) is 0 Å². The van der Waals surface area contributed by atoms with E-state index in [1.165, 1.54) is 0 Å². The lowest BCUT2D eigenvalue weighted by Gasteiger charge is -2.23. The summed E-state index contributed by atoms with van der Waals surface area (Å²) in [5.74, 6) is 5.75.